The second-order valence-corrected chi connectivity index (χ2v) is 10.8. The van der Waals surface area contributed by atoms with Crippen molar-refractivity contribution in [2.45, 2.75) is 96.2 Å². The number of aromatic nitrogens is 4. The van der Waals surface area contributed by atoms with Crippen molar-refractivity contribution in [1.82, 2.24) is 19.7 Å². The van der Waals surface area contributed by atoms with Gasteiger partial charge in [0.25, 0.3) is 0 Å². The largest absolute Gasteiger partial charge is 0.365 e. The van der Waals surface area contributed by atoms with Crippen LogP contribution >= 0.6 is 11.6 Å². The summed E-state index contributed by atoms with van der Waals surface area (Å²) >= 11 is 6.40. The topological polar surface area (TPSA) is 102 Å². The summed E-state index contributed by atoms with van der Waals surface area (Å²) in [5.41, 5.74) is 1.60. The number of hydrogen-bond donors (Lipinski definition) is 1. The van der Waals surface area contributed by atoms with E-state index in [0.29, 0.717) is 35.5 Å². The van der Waals surface area contributed by atoms with Crippen molar-refractivity contribution in [3.8, 4) is 0 Å². The van der Waals surface area contributed by atoms with E-state index >= 15 is 0 Å². The summed E-state index contributed by atoms with van der Waals surface area (Å²) < 4.78 is 32.4. The van der Waals surface area contributed by atoms with Crippen molar-refractivity contribution in [3.63, 3.8) is 0 Å². The summed E-state index contributed by atoms with van der Waals surface area (Å²) in [7, 11) is 0. The molecule has 11 heteroatoms. The maximum absolute atomic E-state index is 6.40. The molecule has 0 saturated carbocycles. The van der Waals surface area contributed by atoms with E-state index in [1.165, 1.54) is 0 Å². The van der Waals surface area contributed by atoms with E-state index in [0.717, 1.165) is 36.6 Å². The summed E-state index contributed by atoms with van der Waals surface area (Å²) in [5.74, 6) is 0.485. The summed E-state index contributed by atoms with van der Waals surface area (Å²) in [6.45, 7) is 7.36. The molecule has 38 heavy (non-hydrogen) atoms. The highest BCUT2D eigenvalue weighted by Gasteiger charge is 2.55. The van der Waals surface area contributed by atoms with Crippen molar-refractivity contribution in [3.05, 3.63) is 46.9 Å². The lowest BCUT2D eigenvalue weighted by molar-refractivity contribution is -0.197. The van der Waals surface area contributed by atoms with Crippen molar-refractivity contribution in [1.29, 1.82) is 0 Å². The second-order valence-electron chi connectivity index (χ2n) is 10.4. The van der Waals surface area contributed by atoms with Crippen LogP contribution in [0.5, 0.6) is 0 Å². The highest BCUT2D eigenvalue weighted by Crippen LogP contribution is 2.44. The third-order valence-electron chi connectivity index (χ3n) is 7.21. The van der Waals surface area contributed by atoms with Gasteiger partial charge in [0.1, 0.15) is 24.6 Å². The van der Waals surface area contributed by atoms with Gasteiger partial charge in [-0.25, -0.2) is 14.6 Å². The summed E-state index contributed by atoms with van der Waals surface area (Å²) in [6.07, 6.45) is 4.26. The summed E-state index contributed by atoms with van der Waals surface area (Å²) in [4.78, 5) is 9.66. The molecule has 3 aliphatic rings. The number of fused-ring (bicyclic) bond motifs is 2. The highest BCUT2D eigenvalue weighted by molar-refractivity contribution is 6.31. The van der Waals surface area contributed by atoms with Crippen LogP contribution in [0.3, 0.4) is 0 Å². The van der Waals surface area contributed by atoms with Crippen LogP contribution in [0.1, 0.15) is 64.1 Å². The number of hydrogen-bond acceptors (Lipinski definition) is 9. The van der Waals surface area contributed by atoms with Gasteiger partial charge in [0.15, 0.2) is 29.8 Å². The fourth-order valence-electron chi connectivity index (χ4n) is 5.37. The number of nitrogens with zero attached hydrogens (tertiary/aromatic N) is 4. The van der Waals surface area contributed by atoms with Gasteiger partial charge in [-0.1, -0.05) is 36.7 Å². The minimum Gasteiger partial charge on any atom is -0.365 e. The summed E-state index contributed by atoms with van der Waals surface area (Å²) in [6, 6.07) is 7.73. The SMILES string of the molecule is CC[C@H]1O[C@@H](n2ncc3c(NCc4ccccc4Cl)nc(COC4CCCCO4)nc32)[C@@H]2OC(C)(C)O[C@@H]21. The van der Waals surface area contributed by atoms with Gasteiger partial charge >= 0.3 is 0 Å². The minimum atomic E-state index is -0.691. The molecule has 0 radical (unpaired) electrons. The van der Waals surface area contributed by atoms with Crippen molar-refractivity contribution in [2.75, 3.05) is 11.9 Å². The van der Waals surface area contributed by atoms with Gasteiger partial charge in [-0.15, -0.1) is 0 Å². The van der Waals surface area contributed by atoms with Gasteiger partial charge in [0.05, 0.1) is 17.7 Å². The lowest BCUT2D eigenvalue weighted by atomic mass is 10.1. The lowest BCUT2D eigenvalue weighted by Gasteiger charge is -2.24. The van der Waals surface area contributed by atoms with Crippen molar-refractivity contribution >= 4 is 28.5 Å². The Balaban J connectivity index is 1.33. The Kier molecular flexibility index (Phi) is 7.28. The van der Waals surface area contributed by atoms with Crippen LogP contribution in [0.15, 0.2) is 30.5 Å². The first-order valence-corrected chi connectivity index (χ1v) is 13.8. The molecule has 1 aromatic carbocycles. The van der Waals surface area contributed by atoms with Gasteiger partial charge in [0.2, 0.25) is 0 Å². The number of benzene rings is 1. The lowest BCUT2D eigenvalue weighted by Crippen LogP contribution is -2.29. The quantitative estimate of drug-likeness (QED) is 0.422. The molecule has 3 saturated heterocycles. The average molecular weight is 544 g/mol. The number of ether oxygens (including phenoxy) is 5. The Hall–Kier alpha value is -2.34. The number of anilines is 1. The predicted molar refractivity (Wildman–Crippen MR) is 141 cm³/mol. The molecule has 204 valence electrons. The van der Waals surface area contributed by atoms with E-state index in [2.05, 4.69) is 12.2 Å². The maximum Gasteiger partial charge on any atom is 0.181 e. The normalized spacial score (nSPS) is 28.6. The maximum atomic E-state index is 6.40. The molecule has 1 N–H and O–H groups in total. The zero-order chi connectivity index (χ0) is 26.3. The fourth-order valence-corrected chi connectivity index (χ4v) is 5.57. The summed E-state index contributed by atoms with van der Waals surface area (Å²) in [5, 5.41) is 9.60. The van der Waals surface area contributed by atoms with Gasteiger partial charge < -0.3 is 29.0 Å². The number of nitrogens with one attached hydrogen (secondary N) is 1. The average Bonchev–Trinajstić information content (AvgIpc) is 3.57. The zero-order valence-corrected chi connectivity index (χ0v) is 22.7. The zero-order valence-electron chi connectivity index (χ0n) is 21.9. The predicted octanol–water partition coefficient (Wildman–Crippen LogP) is 4.96. The highest BCUT2D eigenvalue weighted by atomic mass is 35.5. The molecule has 10 nitrogen and oxygen atoms in total. The third-order valence-corrected chi connectivity index (χ3v) is 7.58. The third kappa shape index (κ3) is 5.13. The van der Waals surface area contributed by atoms with Gasteiger partial charge in [-0.2, -0.15) is 5.10 Å². The van der Waals surface area contributed by atoms with Crippen molar-refractivity contribution in [2.24, 2.45) is 0 Å². The Morgan fingerprint density at radius 1 is 1.16 bits per heavy atom. The molecule has 3 fully saturated rings. The van der Waals surface area contributed by atoms with Gasteiger partial charge in [-0.3, -0.25) is 0 Å². The first-order chi connectivity index (χ1) is 18.4. The number of halogens is 1. The van der Waals surface area contributed by atoms with E-state index in [4.69, 9.17) is 50.4 Å². The smallest absolute Gasteiger partial charge is 0.181 e. The molecule has 0 bridgehead atoms. The van der Waals surface area contributed by atoms with Crippen LogP contribution in [0.25, 0.3) is 11.0 Å². The molecular formula is C27H34ClN5O5. The second kappa shape index (κ2) is 10.7. The van der Waals surface area contributed by atoms with E-state index in [1.807, 2.05) is 38.1 Å². The van der Waals surface area contributed by atoms with E-state index < -0.39 is 12.0 Å². The fraction of sp³-hybridized carbons (Fsp3) is 0.593. The molecule has 0 amide bonds. The molecule has 3 aliphatic heterocycles. The van der Waals surface area contributed by atoms with Crippen LogP contribution in [0.4, 0.5) is 5.82 Å². The first kappa shape index (κ1) is 25.9. The standard InChI is InChI=1S/C27H34ClN5O5/c1-4-19-22-23(38-27(2,3)37-22)26(36-19)33-25-17(14-30-33)24(29-13-16-9-5-6-10-18(16)28)31-20(32-25)15-35-21-11-7-8-12-34-21/h5-6,9-10,14,19,21-23,26H,4,7-8,11-13,15H2,1-3H3,(H,29,31,32)/t19-,21?,22-,23-,26-/m1/s1. The van der Waals surface area contributed by atoms with Crippen LogP contribution in [-0.4, -0.2) is 56.7 Å². The van der Waals surface area contributed by atoms with E-state index in [9.17, 15) is 0 Å². The molecule has 2 aromatic heterocycles. The Bertz CT molecular complexity index is 1280. The molecule has 6 rings (SSSR count). The Labute approximate surface area is 226 Å². The van der Waals surface area contributed by atoms with Crippen LogP contribution < -0.4 is 5.32 Å². The van der Waals surface area contributed by atoms with Crippen LogP contribution in [-0.2, 0) is 36.8 Å². The molecular weight excluding hydrogens is 510 g/mol. The van der Waals surface area contributed by atoms with Gasteiger partial charge in [-0.05, 0) is 51.2 Å². The van der Waals surface area contributed by atoms with Gasteiger partial charge in [0, 0.05) is 18.2 Å². The number of rotatable bonds is 8. The molecule has 0 aliphatic carbocycles. The minimum absolute atomic E-state index is 0.100. The first-order valence-electron chi connectivity index (χ1n) is 13.4. The Morgan fingerprint density at radius 3 is 2.79 bits per heavy atom. The van der Waals surface area contributed by atoms with Crippen molar-refractivity contribution < 1.29 is 23.7 Å². The van der Waals surface area contributed by atoms with E-state index in [-0.39, 0.29) is 31.2 Å². The van der Waals surface area contributed by atoms with Crippen LogP contribution in [0.2, 0.25) is 5.02 Å². The van der Waals surface area contributed by atoms with E-state index in [1.54, 1.807) is 10.9 Å². The molecule has 5 heterocycles. The molecule has 3 aromatic rings. The molecule has 1 unspecified atom stereocenters. The monoisotopic (exact) mass is 543 g/mol. The molecule has 0 spiro atoms. The Morgan fingerprint density at radius 2 is 2.00 bits per heavy atom. The van der Waals surface area contributed by atoms with Crippen LogP contribution in [0, 0.1) is 0 Å². The molecule has 5 atom stereocenters.